The lowest BCUT2D eigenvalue weighted by molar-refractivity contribution is -0.142. The number of halogens is 1. The number of carbonyl (C=O) groups excluding carboxylic acids is 1. The molecule has 1 unspecified atom stereocenters. The van der Waals surface area contributed by atoms with Crippen molar-refractivity contribution in [1.29, 1.82) is 0 Å². The van der Waals surface area contributed by atoms with Crippen molar-refractivity contribution in [2.45, 2.75) is 13.8 Å². The molecule has 0 aromatic heterocycles. The number of carboxylic acid groups (broad SMARTS) is 1. The Labute approximate surface area is 120 Å². The van der Waals surface area contributed by atoms with Gasteiger partial charge in [-0.1, -0.05) is 29.8 Å². The molecule has 0 radical (unpaired) electrons. The molecule has 1 rings (SSSR count). The van der Waals surface area contributed by atoms with Crippen LogP contribution >= 0.6 is 15.9 Å². The van der Waals surface area contributed by atoms with Gasteiger partial charge in [0, 0.05) is 16.7 Å². The van der Waals surface area contributed by atoms with E-state index in [0.29, 0.717) is 11.3 Å². The van der Waals surface area contributed by atoms with Crippen LogP contribution in [-0.2, 0) is 4.79 Å². The Hall–Kier alpha value is -1.56. The van der Waals surface area contributed by atoms with E-state index in [1.54, 1.807) is 18.2 Å². The van der Waals surface area contributed by atoms with Crippen LogP contribution in [0.1, 0.15) is 24.2 Å². The van der Waals surface area contributed by atoms with Crippen molar-refractivity contribution in [1.82, 2.24) is 0 Å². The van der Waals surface area contributed by atoms with Crippen molar-refractivity contribution in [2.24, 2.45) is 17.6 Å². The first kappa shape index (κ1) is 15.5. The summed E-state index contributed by atoms with van der Waals surface area (Å²) in [5.41, 5.74) is 6.16. The van der Waals surface area contributed by atoms with Crippen molar-refractivity contribution in [3.05, 3.63) is 28.2 Å². The zero-order valence-electron chi connectivity index (χ0n) is 10.8. The van der Waals surface area contributed by atoms with Gasteiger partial charge in [-0.3, -0.25) is 9.59 Å². The lowest BCUT2D eigenvalue weighted by atomic mass is 9.96. The molecule has 1 amide bonds. The lowest BCUT2D eigenvalue weighted by Gasteiger charge is -2.18. The van der Waals surface area contributed by atoms with Crippen LogP contribution in [-0.4, -0.2) is 23.5 Å². The third-order valence-corrected chi connectivity index (χ3v) is 3.37. The SMILES string of the molecule is CC(C)C(CNc1cc(Br)ccc1C(N)=O)C(=O)O. The summed E-state index contributed by atoms with van der Waals surface area (Å²) < 4.78 is 0.788. The molecule has 0 saturated carbocycles. The molecule has 1 aromatic carbocycles. The Bertz CT molecular complexity index is 489. The molecule has 0 fully saturated rings. The Kier molecular flexibility index (Phi) is 5.35. The van der Waals surface area contributed by atoms with Crippen LogP contribution in [0, 0.1) is 11.8 Å². The van der Waals surface area contributed by atoms with E-state index in [9.17, 15) is 9.59 Å². The molecule has 0 aliphatic carbocycles. The second kappa shape index (κ2) is 6.56. The number of carboxylic acids is 1. The maximum atomic E-state index is 11.3. The summed E-state index contributed by atoms with van der Waals surface area (Å²) in [7, 11) is 0. The second-order valence-electron chi connectivity index (χ2n) is 4.62. The summed E-state index contributed by atoms with van der Waals surface area (Å²) in [6.07, 6.45) is 0. The van der Waals surface area contributed by atoms with E-state index in [0.717, 1.165) is 4.47 Å². The first-order valence-electron chi connectivity index (χ1n) is 5.89. The summed E-state index contributed by atoms with van der Waals surface area (Å²) in [5, 5.41) is 12.1. The third-order valence-electron chi connectivity index (χ3n) is 2.88. The van der Waals surface area contributed by atoms with Gasteiger partial charge in [-0.05, 0) is 24.1 Å². The van der Waals surface area contributed by atoms with Gasteiger partial charge < -0.3 is 16.2 Å². The van der Waals surface area contributed by atoms with Crippen LogP contribution in [0.5, 0.6) is 0 Å². The molecule has 104 valence electrons. The van der Waals surface area contributed by atoms with Crippen molar-refractivity contribution >= 4 is 33.5 Å². The number of aliphatic carboxylic acids is 1. The van der Waals surface area contributed by atoms with Gasteiger partial charge in [0.05, 0.1) is 11.5 Å². The number of amides is 1. The van der Waals surface area contributed by atoms with E-state index in [1.807, 2.05) is 13.8 Å². The van der Waals surface area contributed by atoms with E-state index in [1.165, 1.54) is 0 Å². The average molecular weight is 329 g/mol. The molecule has 0 aliphatic heterocycles. The first-order chi connectivity index (χ1) is 8.82. The minimum Gasteiger partial charge on any atom is -0.481 e. The minimum atomic E-state index is -0.863. The minimum absolute atomic E-state index is 0.00539. The summed E-state index contributed by atoms with van der Waals surface area (Å²) >= 11 is 3.30. The monoisotopic (exact) mass is 328 g/mol. The lowest BCUT2D eigenvalue weighted by Crippen LogP contribution is -2.28. The molecule has 0 spiro atoms. The molecule has 19 heavy (non-hydrogen) atoms. The van der Waals surface area contributed by atoms with Crippen LogP contribution in [0.3, 0.4) is 0 Å². The normalized spacial score (nSPS) is 12.2. The molecular weight excluding hydrogens is 312 g/mol. The number of carbonyl (C=O) groups is 2. The number of rotatable bonds is 6. The van der Waals surface area contributed by atoms with Gasteiger partial charge in [0.2, 0.25) is 0 Å². The van der Waals surface area contributed by atoms with E-state index in [4.69, 9.17) is 10.8 Å². The van der Waals surface area contributed by atoms with Gasteiger partial charge in [-0.2, -0.15) is 0 Å². The highest BCUT2D eigenvalue weighted by Crippen LogP contribution is 2.22. The van der Waals surface area contributed by atoms with Crippen LogP contribution in [0.25, 0.3) is 0 Å². The number of benzene rings is 1. The number of primary amides is 1. The number of nitrogens with two attached hydrogens (primary N) is 1. The summed E-state index contributed by atoms with van der Waals surface area (Å²) in [5.74, 6) is -1.95. The van der Waals surface area contributed by atoms with Gasteiger partial charge in [0.15, 0.2) is 0 Å². The second-order valence-corrected chi connectivity index (χ2v) is 5.54. The molecule has 4 N–H and O–H groups in total. The molecule has 0 aliphatic rings. The van der Waals surface area contributed by atoms with Crippen molar-refractivity contribution in [3.8, 4) is 0 Å². The van der Waals surface area contributed by atoms with Gasteiger partial charge in [0.25, 0.3) is 5.91 Å². The van der Waals surface area contributed by atoms with Gasteiger partial charge in [0.1, 0.15) is 0 Å². The topological polar surface area (TPSA) is 92.4 Å². The fourth-order valence-corrected chi connectivity index (χ4v) is 2.07. The zero-order chi connectivity index (χ0) is 14.6. The molecule has 1 atom stereocenters. The largest absolute Gasteiger partial charge is 0.481 e. The number of hydrogen-bond acceptors (Lipinski definition) is 3. The van der Waals surface area contributed by atoms with Crippen LogP contribution < -0.4 is 11.1 Å². The molecule has 0 heterocycles. The predicted molar refractivity (Wildman–Crippen MR) is 77.1 cm³/mol. The Morgan fingerprint density at radius 3 is 2.53 bits per heavy atom. The van der Waals surface area contributed by atoms with E-state index in [2.05, 4.69) is 21.2 Å². The van der Waals surface area contributed by atoms with E-state index < -0.39 is 17.8 Å². The Morgan fingerprint density at radius 2 is 2.05 bits per heavy atom. The molecule has 0 saturated heterocycles. The average Bonchev–Trinajstić information content (AvgIpc) is 2.27. The van der Waals surface area contributed by atoms with Gasteiger partial charge in [-0.15, -0.1) is 0 Å². The molecule has 1 aromatic rings. The van der Waals surface area contributed by atoms with Gasteiger partial charge in [-0.25, -0.2) is 0 Å². The fourth-order valence-electron chi connectivity index (χ4n) is 1.71. The van der Waals surface area contributed by atoms with E-state index >= 15 is 0 Å². The van der Waals surface area contributed by atoms with Crippen LogP contribution in [0.4, 0.5) is 5.69 Å². The van der Waals surface area contributed by atoms with Crippen molar-refractivity contribution in [2.75, 3.05) is 11.9 Å². The molecule has 5 nitrogen and oxygen atoms in total. The predicted octanol–water partition coefficient (Wildman–Crippen LogP) is 2.32. The van der Waals surface area contributed by atoms with Crippen LogP contribution in [0.2, 0.25) is 0 Å². The summed E-state index contributed by atoms with van der Waals surface area (Å²) in [6, 6.07) is 5.02. The standard InChI is InChI=1S/C13H17BrN2O3/c1-7(2)10(13(18)19)6-16-11-5-8(14)3-4-9(11)12(15)17/h3-5,7,10,16H,6H2,1-2H3,(H2,15,17)(H,18,19). The smallest absolute Gasteiger partial charge is 0.308 e. The summed E-state index contributed by atoms with van der Waals surface area (Å²) in [4.78, 5) is 22.4. The zero-order valence-corrected chi connectivity index (χ0v) is 12.4. The van der Waals surface area contributed by atoms with Crippen LogP contribution in [0.15, 0.2) is 22.7 Å². The maximum absolute atomic E-state index is 11.3. The Morgan fingerprint density at radius 1 is 1.42 bits per heavy atom. The van der Waals surface area contributed by atoms with E-state index in [-0.39, 0.29) is 12.5 Å². The summed E-state index contributed by atoms with van der Waals surface area (Å²) in [6.45, 7) is 3.93. The highest BCUT2D eigenvalue weighted by atomic mass is 79.9. The maximum Gasteiger partial charge on any atom is 0.308 e. The molecule has 6 heteroatoms. The molecular formula is C13H17BrN2O3. The Balaban J connectivity index is 2.90. The number of hydrogen-bond donors (Lipinski definition) is 3. The number of nitrogens with one attached hydrogen (secondary N) is 1. The van der Waals surface area contributed by atoms with Crippen molar-refractivity contribution in [3.63, 3.8) is 0 Å². The quantitative estimate of drug-likeness (QED) is 0.747. The highest BCUT2D eigenvalue weighted by Gasteiger charge is 2.21. The number of anilines is 1. The first-order valence-corrected chi connectivity index (χ1v) is 6.68. The highest BCUT2D eigenvalue weighted by molar-refractivity contribution is 9.10. The molecule has 0 bridgehead atoms. The van der Waals surface area contributed by atoms with Crippen molar-refractivity contribution < 1.29 is 14.7 Å². The fraction of sp³-hybridized carbons (Fsp3) is 0.385. The van der Waals surface area contributed by atoms with Gasteiger partial charge >= 0.3 is 5.97 Å². The third kappa shape index (κ3) is 4.24.